The molecule has 0 radical (unpaired) electrons. The molecule has 12 nitrogen and oxygen atoms in total. The molecule has 0 aromatic rings. The number of rotatable bonds is 37. The van der Waals surface area contributed by atoms with Crippen molar-refractivity contribution >= 4 is 25.7 Å². The molecule has 5 atom stereocenters. The Bertz CT molecular complexity index is 1310. The fourth-order valence-electron chi connectivity index (χ4n) is 5.34. The molecule has 0 aromatic carbocycles. The van der Waals surface area contributed by atoms with Crippen molar-refractivity contribution in [3.8, 4) is 0 Å². The number of carbonyl (C=O) groups excluding carboxylic acids is 2. The van der Waals surface area contributed by atoms with Gasteiger partial charge in [-0.1, -0.05) is 112 Å². The third-order valence-electron chi connectivity index (χ3n) is 8.83. The van der Waals surface area contributed by atoms with Crippen LogP contribution in [0.25, 0.3) is 0 Å². The molecule has 0 aromatic heterocycles. The number of epoxide rings is 1. The number of esters is 2. The molecule has 0 saturated carbocycles. The van der Waals surface area contributed by atoms with Crippen LogP contribution in [-0.4, -0.2) is 72.1 Å². The molecule has 0 bridgehead atoms. The Morgan fingerprint density at radius 1 is 0.632 bits per heavy atom. The van der Waals surface area contributed by atoms with Crippen LogP contribution in [0.15, 0.2) is 72.9 Å². The molecule has 1 fully saturated rings. The number of phosphoric ester groups is 1. The molecule has 324 valence electrons. The van der Waals surface area contributed by atoms with Crippen molar-refractivity contribution < 1.29 is 52.2 Å². The predicted molar refractivity (Wildman–Crippen MR) is 225 cm³/mol. The van der Waals surface area contributed by atoms with E-state index >= 15 is 0 Å². The smallest absolute Gasteiger partial charge is 0.472 e. The summed E-state index contributed by atoms with van der Waals surface area (Å²) in [7, 11) is -4.75. The van der Waals surface area contributed by atoms with Crippen LogP contribution in [0.1, 0.15) is 142 Å². The highest BCUT2D eigenvalue weighted by Crippen LogP contribution is 2.43. The van der Waals surface area contributed by atoms with E-state index < -0.39 is 57.7 Å². The van der Waals surface area contributed by atoms with Gasteiger partial charge in [0.05, 0.1) is 25.4 Å². The van der Waals surface area contributed by atoms with E-state index in [9.17, 15) is 23.8 Å². The standard InChI is InChI=1S/C44H72NO11P/c1-3-5-7-9-11-13-14-15-16-17-18-20-22-24-30-34-43(47)55-38(36-53-57(50,51)54-37-39(45)44(48)49)35-52-42(46)33-29-26-25-28-32-41-40(56-41)31-27-23-21-19-12-10-8-6-4-2/h11-13,15-16,18-20,23,25,27-28,38-41H,3-10,14,17,21-22,24,26,29-37,45H2,1-2H3,(H,48,49)(H,50,51)/b13-11-,16-15-,19-12-,20-18-,27-23-,28-25-/t38-,39+,40?,41?/m1/s1. The molecule has 1 saturated heterocycles. The molecule has 0 aliphatic carbocycles. The van der Waals surface area contributed by atoms with Gasteiger partial charge in [-0.25, -0.2) is 4.57 Å². The van der Waals surface area contributed by atoms with Gasteiger partial charge in [-0.3, -0.25) is 23.4 Å². The normalized spacial score (nSPS) is 18.0. The fraction of sp³-hybridized carbons (Fsp3) is 0.659. The quantitative estimate of drug-likeness (QED) is 0.0177. The molecule has 4 N–H and O–H groups in total. The summed E-state index contributed by atoms with van der Waals surface area (Å²) in [6.45, 7) is 2.61. The number of allylic oxidation sites excluding steroid dienone is 10. The molecule has 3 unspecified atom stereocenters. The van der Waals surface area contributed by atoms with Crippen LogP contribution in [-0.2, 0) is 42.2 Å². The second-order valence-corrected chi connectivity index (χ2v) is 15.6. The Kier molecular flexibility index (Phi) is 31.8. The first-order valence-corrected chi connectivity index (χ1v) is 22.6. The summed E-state index contributed by atoms with van der Waals surface area (Å²) in [5.74, 6) is -2.52. The Morgan fingerprint density at radius 2 is 1.09 bits per heavy atom. The number of hydrogen-bond donors (Lipinski definition) is 3. The molecule has 13 heteroatoms. The second-order valence-electron chi connectivity index (χ2n) is 14.1. The van der Waals surface area contributed by atoms with Crippen LogP contribution < -0.4 is 5.73 Å². The van der Waals surface area contributed by atoms with Crippen LogP contribution in [0.3, 0.4) is 0 Å². The first kappa shape index (κ1) is 51.9. The third-order valence-corrected chi connectivity index (χ3v) is 9.78. The van der Waals surface area contributed by atoms with Gasteiger partial charge in [0.2, 0.25) is 0 Å². The summed E-state index contributed by atoms with van der Waals surface area (Å²) in [6.07, 6.45) is 42.9. The van der Waals surface area contributed by atoms with E-state index in [1.807, 2.05) is 6.08 Å². The highest BCUT2D eigenvalue weighted by molar-refractivity contribution is 7.47. The Hall–Kier alpha value is -3.12. The average molecular weight is 822 g/mol. The number of nitrogens with two attached hydrogens (primary N) is 1. The second kappa shape index (κ2) is 34.9. The Balaban J connectivity index is 2.38. The molecule has 1 rings (SSSR count). The van der Waals surface area contributed by atoms with Gasteiger partial charge in [0.25, 0.3) is 0 Å². The van der Waals surface area contributed by atoms with E-state index in [1.165, 1.54) is 38.5 Å². The van der Waals surface area contributed by atoms with Gasteiger partial charge in [-0.15, -0.1) is 0 Å². The van der Waals surface area contributed by atoms with Gasteiger partial charge in [0, 0.05) is 12.8 Å². The number of aliphatic carboxylic acids is 1. The summed E-state index contributed by atoms with van der Waals surface area (Å²) in [6, 6.07) is -1.54. The summed E-state index contributed by atoms with van der Waals surface area (Å²) < 4.78 is 38.3. The zero-order valence-electron chi connectivity index (χ0n) is 34.6. The number of unbranched alkanes of at least 4 members (excludes halogenated alkanes) is 9. The number of phosphoric acid groups is 1. The molecule has 0 spiro atoms. The zero-order chi connectivity index (χ0) is 41.8. The molecular formula is C44H72NO11P. The van der Waals surface area contributed by atoms with Crippen molar-refractivity contribution in [2.45, 2.75) is 167 Å². The van der Waals surface area contributed by atoms with Gasteiger partial charge in [-0.2, -0.15) is 0 Å². The minimum atomic E-state index is -4.75. The number of ether oxygens (including phenoxy) is 3. The SMILES string of the molecule is CCCCC/C=C\C/C=C\C/C=C\CCCCC(=O)O[C@H](COC(=O)CCC/C=C\CC1OC1C/C=C\C/C=C\CCCCC)COP(=O)(O)OC[C@H](N)C(=O)O. The summed E-state index contributed by atoms with van der Waals surface area (Å²) in [4.78, 5) is 45.9. The van der Waals surface area contributed by atoms with Crippen molar-refractivity contribution in [2.75, 3.05) is 19.8 Å². The van der Waals surface area contributed by atoms with Crippen molar-refractivity contribution in [2.24, 2.45) is 5.73 Å². The summed E-state index contributed by atoms with van der Waals surface area (Å²) >= 11 is 0. The molecule has 1 aliphatic rings. The van der Waals surface area contributed by atoms with Gasteiger partial charge < -0.3 is 29.9 Å². The van der Waals surface area contributed by atoms with Crippen LogP contribution in [0, 0.1) is 0 Å². The van der Waals surface area contributed by atoms with Gasteiger partial charge in [-0.05, 0) is 89.9 Å². The first-order chi connectivity index (χ1) is 27.6. The lowest BCUT2D eigenvalue weighted by atomic mass is 10.1. The number of hydrogen-bond acceptors (Lipinski definition) is 10. The van der Waals surface area contributed by atoms with Gasteiger partial charge >= 0.3 is 25.7 Å². The van der Waals surface area contributed by atoms with Crippen LogP contribution >= 0.6 is 7.82 Å². The zero-order valence-corrected chi connectivity index (χ0v) is 35.5. The number of carboxylic acids is 1. The van der Waals surface area contributed by atoms with Gasteiger partial charge in [0.15, 0.2) is 6.10 Å². The average Bonchev–Trinajstić information content (AvgIpc) is 3.94. The lowest BCUT2D eigenvalue weighted by Gasteiger charge is -2.20. The van der Waals surface area contributed by atoms with Crippen molar-refractivity contribution in [1.29, 1.82) is 0 Å². The van der Waals surface area contributed by atoms with Crippen molar-refractivity contribution in [3.63, 3.8) is 0 Å². The largest absolute Gasteiger partial charge is 0.480 e. The fourth-order valence-corrected chi connectivity index (χ4v) is 6.12. The lowest BCUT2D eigenvalue weighted by molar-refractivity contribution is -0.161. The van der Waals surface area contributed by atoms with E-state index in [0.29, 0.717) is 19.3 Å². The van der Waals surface area contributed by atoms with Gasteiger partial charge in [0.1, 0.15) is 12.6 Å². The Morgan fingerprint density at radius 3 is 1.65 bits per heavy atom. The highest BCUT2D eigenvalue weighted by atomic mass is 31.2. The maximum absolute atomic E-state index is 12.6. The summed E-state index contributed by atoms with van der Waals surface area (Å²) in [5.41, 5.74) is 5.32. The Labute approximate surface area is 342 Å². The number of carbonyl (C=O) groups is 3. The topological polar surface area (TPSA) is 184 Å². The number of carboxylic acid groups (broad SMARTS) is 1. The molecule has 57 heavy (non-hydrogen) atoms. The van der Waals surface area contributed by atoms with Crippen LogP contribution in [0.4, 0.5) is 0 Å². The van der Waals surface area contributed by atoms with E-state index in [1.54, 1.807) is 0 Å². The molecule has 0 amide bonds. The van der Waals surface area contributed by atoms with E-state index in [0.717, 1.165) is 57.8 Å². The molecule has 1 heterocycles. The lowest BCUT2D eigenvalue weighted by Crippen LogP contribution is -2.34. The maximum Gasteiger partial charge on any atom is 0.472 e. The van der Waals surface area contributed by atoms with E-state index in [4.69, 9.17) is 29.6 Å². The van der Waals surface area contributed by atoms with E-state index in [2.05, 4.69) is 85.2 Å². The van der Waals surface area contributed by atoms with E-state index in [-0.39, 0.29) is 25.0 Å². The monoisotopic (exact) mass is 821 g/mol. The van der Waals surface area contributed by atoms with Crippen LogP contribution in [0.2, 0.25) is 0 Å². The minimum Gasteiger partial charge on any atom is -0.480 e. The minimum absolute atomic E-state index is 0.0933. The van der Waals surface area contributed by atoms with Crippen LogP contribution in [0.5, 0.6) is 0 Å². The maximum atomic E-state index is 12.6. The third kappa shape index (κ3) is 32.5. The first-order valence-electron chi connectivity index (χ1n) is 21.1. The molecular weight excluding hydrogens is 749 g/mol. The van der Waals surface area contributed by atoms with Crippen molar-refractivity contribution in [3.05, 3.63) is 72.9 Å². The van der Waals surface area contributed by atoms with Crippen molar-refractivity contribution in [1.82, 2.24) is 0 Å². The highest BCUT2D eigenvalue weighted by Gasteiger charge is 2.36. The molecule has 1 aliphatic heterocycles. The summed E-state index contributed by atoms with van der Waals surface area (Å²) in [5, 5.41) is 8.88. The predicted octanol–water partition coefficient (Wildman–Crippen LogP) is 9.93.